The summed E-state index contributed by atoms with van der Waals surface area (Å²) in [5.74, 6) is -0.316. The maximum atomic E-state index is 13.0. The van der Waals surface area contributed by atoms with E-state index in [4.69, 9.17) is 0 Å². The average molecular weight is 401 g/mol. The number of aryl methyl sites for hydroxylation is 2. The van der Waals surface area contributed by atoms with Crippen LogP contribution in [-0.2, 0) is 9.59 Å². The molecule has 3 aromatic carbocycles. The van der Waals surface area contributed by atoms with Crippen molar-refractivity contribution in [1.82, 2.24) is 4.90 Å². The molecule has 0 aliphatic heterocycles. The van der Waals surface area contributed by atoms with Crippen molar-refractivity contribution in [3.8, 4) is 0 Å². The van der Waals surface area contributed by atoms with Crippen LogP contribution in [0, 0.1) is 13.8 Å². The van der Waals surface area contributed by atoms with Crippen molar-refractivity contribution in [2.24, 2.45) is 0 Å². The third-order valence-corrected chi connectivity index (χ3v) is 5.26. The molecule has 0 heterocycles. The van der Waals surface area contributed by atoms with Gasteiger partial charge < -0.3 is 10.2 Å². The van der Waals surface area contributed by atoms with Gasteiger partial charge in [-0.1, -0.05) is 72.8 Å². The molecule has 30 heavy (non-hydrogen) atoms. The van der Waals surface area contributed by atoms with Crippen LogP contribution in [0.1, 0.15) is 34.6 Å². The highest BCUT2D eigenvalue weighted by Crippen LogP contribution is 2.28. The molecule has 0 bridgehead atoms. The van der Waals surface area contributed by atoms with Crippen LogP contribution in [0.15, 0.2) is 78.9 Å². The Labute approximate surface area is 178 Å². The highest BCUT2D eigenvalue weighted by molar-refractivity contribution is 5.95. The maximum Gasteiger partial charge on any atom is 0.243 e. The van der Waals surface area contributed by atoms with Gasteiger partial charge in [0.15, 0.2) is 0 Å². The summed E-state index contributed by atoms with van der Waals surface area (Å²) in [7, 11) is 1.68. The zero-order valence-electron chi connectivity index (χ0n) is 17.8. The van der Waals surface area contributed by atoms with Gasteiger partial charge in [-0.15, -0.1) is 0 Å². The second kappa shape index (κ2) is 9.88. The van der Waals surface area contributed by atoms with Crippen molar-refractivity contribution in [3.63, 3.8) is 0 Å². The van der Waals surface area contributed by atoms with Crippen molar-refractivity contribution in [2.45, 2.75) is 26.2 Å². The number of carbonyl (C=O) groups is 2. The predicted molar refractivity (Wildman–Crippen MR) is 122 cm³/mol. The second-order valence-electron chi connectivity index (χ2n) is 7.69. The molecule has 0 aliphatic carbocycles. The number of rotatable bonds is 7. The molecule has 0 radical (unpaired) electrons. The van der Waals surface area contributed by atoms with E-state index < -0.39 is 0 Å². The summed E-state index contributed by atoms with van der Waals surface area (Å²) < 4.78 is 0. The lowest BCUT2D eigenvalue weighted by Gasteiger charge is -2.22. The number of carbonyl (C=O) groups excluding carboxylic acids is 2. The Bertz CT molecular complexity index is 961. The number of amides is 2. The van der Waals surface area contributed by atoms with Crippen LogP contribution in [0.2, 0.25) is 0 Å². The number of hydrogen-bond acceptors (Lipinski definition) is 2. The Kier molecular flexibility index (Phi) is 7.02. The standard InChI is InChI=1S/C26H28N2O2/c1-19-14-15-20(2)24(16-19)27-25(29)18-28(3)26(30)17-23(21-10-6-4-7-11-21)22-12-8-5-9-13-22/h4-16,23H,17-18H2,1-3H3,(H,27,29). The van der Waals surface area contributed by atoms with Crippen molar-refractivity contribution < 1.29 is 9.59 Å². The zero-order valence-corrected chi connectivity index (χ0v) is 17.8. The molecule has 0 spiro atoms. The quantitative estimate of drug-likeness (QED) is 0.612. The molecule has 0 saturated heterocycles. The first-order chi connectivity index (χ1) is 14.4. The number of anilines is 1. The summed E-state index contributed by atoms with van der Waals surface area (Å²) in [6.07, 6.45) is 0.307. The molecular formula is C26H28N2O2. The summed E-state index contributed by atoms with van der Waals surface area (Å²) in [4.78, 5) is 27.0. The van der Waals surface area contributed by atoms with Crippen LogP contribution in [0.25, 0.3) is 0 Å². The normalized spacial score (nSPS) is 10.7. The van der Waals surface area contributed by atoms with E-state index in [2.05, 4.69) is 5.32 Å². The topological polar surface area (TPSA) is 49.4 Å². The van der Waals surface area contributed by atoms with Gasteiger partial charge in [-0.3, -0.25) is 9.59 Å². The minimum absolute atomic E-state index is 0.0164. The maximum absolute atomic E-state index is 13.0. The van der Waals surface area contributed by atoms with Crippen molar-refractivity contribution >= 4 is 17.5 Å². The van der Waals surface area contributed by atoms with E-state index in [9.17, 15) is 9.59 Å². The van der Waals surface area contributed by atoms with Crippen LogP contribution in [0.5, 0.6) is 0 Å². The van der Waals surface area contributed by atoms with E-state index in [0.29, 0.717) is 6.42 Å². The summed E-state index contributed by atoms with van der Waals surface area (Å²) >= 11 is 0. The number of hydrogen-bond donors (Lipinski definition) is 1. The van der Waals surface area contributed by atoms with Crippen LogP contribution in [0.4, 0.5) is 5.69 Å². The van der Waals surface area contributed by atoms with Gasteiger partial charge in [0.05, 0.1) is 6.54 Å². The first-order valence-corrected chi connectivity index (χ1v) is 10.1. The van der Waals surface area contributed by atoms with E-state index >= 15 is 0 Å². The van der Waals surface area contributed by atoms with Gasteiger partial charge in [0.1, 0.15) is 0 Å². The molecule has 4 nitrogen and oxygen atoms in total. The highest BCUT2D eigenvalue weighted by atomic mass is 16.2. The third-order valence-electron chi connectivity index (χ3n) is 5.26. The largest absolute Gasteiger partial charge is 0.336 e. The van der Waals surface area contributed by atoms with Gasteiger partial charge in [-0.25, -0.2) is 0 Å². The fourth-order valence-electron chi connectivity index (χ4n) is 3.49. The zero-order chi connectivity index (χ0) is 21.5. The van der Waals surface area contributed by atoms with E-state index in [0.717, 1.165) is 27.9 Å². The molecule has 3 rings (SSSR count). The Morgan fingerprint density at radius 2 is 1.43 bits per heavy atom. The monoisotopic (exact) mass is 400 g/mol. The number of benzene rings is 3. The van der Waals surface area contributed by atoms with Crippen molar-refractivity contribution in [2.75, 3.05) is 18.9 Å². The smallest absolute Gasteiger partial charge is 0.243 e. The van der Waals surface area contributed by atoms with Gasteiger partial charge >= 0.3 is 0 Å². The third kappa shape index (κ3) is 5.57. The predicted octanol–water partition coefficient (Wildman–Crippen LogP) is 4.92. The molecular weight excluding hydrogens is 372 g/mol. The van der Waals surface area contributed by atoms with E-state index in [1.54, 1.807) is 7.05 Å². The number of nitrogens with one attached hydrogen (secondary N) is 1. The summed E-state index contributed by atoms with van der Waals surface area (Å²) in [6.45, 7) is 3.95. The molecule has 154 valence electrons. The Morgan fingerprint density at radius 1 is 0.867 bits per heavy atom. The Balaban J connectivity index is 1.68. The lowest BCUT2D eigenvalue weighted by atomic mass is 9.88. The summed E-state index contributed by atoms with van der Waals surface area (Å²) in [5.41, 5.74) is 5.04. The Morgan fingerprint density at radius 3 is 2.00 bits per heavy atom. The average Bonchev–Trinajstić information content (AvgIpc) is 2.75. The minimum atomic E-state index is -0.199. The number of nitrogens with zero attached hydrogens (tertiary/aromatic N) is 1. The molecule has 0 atom stereocenters. The molecule has 1 N–H and O–H groups in total. The molecule has 0 saturated carbocycles. The lowest BCUT2D eigenvalue weighted by molar-refractivity contribution is -0.133. The van der Waals surface area contributed by atoms with E-state index in [1.807, 2.05) is 92.7 Å². The van der Waals surface area contributed by atoms with Crippen LogP contribution in [-0.4, -0.2) is 30.3 Å². The molecule has 0 aliphatic rings. The molecule has 0 fully saturated rings. The minimum Gasteiger partial charge on any atom is -0.336 e. The van der Waals surface area contributed by atoms with Gasteiger partial charge in [-0.05, 0) is 42.2 Å². The molecule has 3 aromatic rings. The van der Waals surface area contributed by atoms with Crippen LogP contribution < -0.4 is 5.32 Å². The molecule has 2 amide bonds. The fourth-order valence-corrected chi connectivity index (χ4v) is 3.49. The van der Waals surface area contributed by atoms with Gasteiger partial charge in [-0.2, -0.15) is 0 Å². The first-order valence-electron chi connectivity index (χ1n) is 10.1. The summed E-state index contributed by atoms with van der Waals surface area (Å²) in [5, 5.41) is 2.92. The van der Waals surface area contributed by atoms with E-state index in [1.165, 1.54) is 4.90 Å². The van der Waals surface area contributed by atoms with Gasteiger partial charge in [0.2, 0.25) is 11.8 Å². The number of likely N-dealkylation sites (N-methyl/N-ethyl adjacent to an activating group) is 1. The summed E-state index contributed by atoms with van der Waals surface area (Å²) in [6, 6.07) is 26.0. The molecule has 0 aromatic heterocycles. The fraction of sp³-hybridized carbons (Fsp3) is 0.231. The Hall–Kier alpha value is -3.40. The first kappa shape index (κ1) is 21.3. The van der Waals surface area contributed by atoms with Gasteiger partial charge in [0, 0.05) is 25.1 Å². The molecule has 0 unspecified atom stereocenters. The lowest BCUT2D eigenvalue weighted by Crippen LogP contribution is -2.35. The van der Waals surface area contributed by atoms with Crippen LogP contribution in [0.3, 0.4) is 0 Å². The highest BCUT2D eigenvalue weighted by Gasteiger charge is 2.21. The SMILES string of the molecule is Cc1ccc(C)c(NC(=O)CN(C)C(=O)CC(c2ccccc2)c2ccccc2)c1. The van der Waals surface area contributed by atoms with E-state index in [-0.39, 0.29) is 24.3 Å². The van der Waals surface area contributed by atoms with Crippen molar-refractivity contribution in [3.05, 3.63) is 101 Å². The molecule has 4 heteroatoms. The van der Waals surface area contributed by atoms with Crippen molar-refractivity contribution in [1.29, 1.82) is 0 Å². The second-order valence-corrected chi connectivity index (χ2v) is 7.69. The van der Waals surface area contributed by atoms with Gasteiger partial charge in [0.25, 0.3) is 0 Å². The van der Waals surface area contributed by atoms with Crippen LogP contribution >= 0.6 is 0 Å².